The summed E-state index contributed by atoms with van der Waals surface area (Å²) in [5, 5.41) is 9.09. The predicted molar refractivity (Wildman–Crippen MR) is 91.9 cm³/mol. The van der Waals surface area contributed by atoms with Crippen molar-refractivity contribution in [3.63, 3.8) is 0 Å². The molecule has 3 rings (SSSR count). The van der Waals surface area contributed by atoms with E-state index in [4.69, 9.17) is 9.84 Å². The van der Waals surface area contributed by atoms with Crippen LogP contribution >= 0.6 is 0 Å². The molecule has 0 saturated carbocycles. The Morgan fingerprint density at radius 1 is 1.20 bits per heavy atom. The molecule has 0 bridgehead atoms. The van der Waals surface area contributed by atoms with Gasteiger partial charge in [0.2, 0.25) is 0 Å². The SMILES string of the molecule is COc1ccc(C2CCCN2C(=O)c2ccc(C(=O)O)c(C)n2)cc1. The largest absolute Gasteiger partial charge is 0.497 e. The Bertz CT molecular complexity index is 802. The van der Waals surface area contributed by atoms with Gasteiger partial charge in [0.15, 0.2) is 0 Å². The number of hydrogen-bond acceptors (Lipinski definition) is 4. The number of ether oxygens (including phenoxy) is 1. The van der Waals surface area contributed by atoms with E-state index < -0.39 is 5.97 Å². The van der Waals surface area contributed by atoms with Gasteiger partial charge >= 0.3 is 5.97 Å². The minimum absolute atomic E-state index is 0.000312. The Balaban J connectivity index is 1.85. The maximum absolute atomic E-state index is 12.9. The number of hydrogen-bond donors (Lipinski definition) is 1. The average molecular weight is 340 g/mol. The summed E-state index contributed by atoms with van der Waals surface area (Å²) < 4.78 is 5.18. The fraction of sp³-hybridized carbons (Fsp3) is 0.316. The summed E-state index contributed by atoms with van der Waals surface area (Å²) in [6.07, 6.45) is 1.82. The van der Waals surface area contributed by atoms with E-state index >= 15 is 0 Å². The first kappa shape index (κ1) is 17.0. The summed E-state index contributed by atoms with van der Waals surface area (Å²) in [4.78, 5) is 30.0. The number of nitrogens with zero attached hydrogens (tertiary/aromatic N) is 2. The van der Waals surface area contributed by atoms with Crippen LogP contribution < -0.4 is 4.74 Å². The molecule has 1 aliphatic heterocycles. The smallest absolute Gasteiger partial charge is 0.337 e. The summed E-state index contributed by atoms with van der Waals surface area (Å²) in [6.45, 7) is 2.27. The summed E-state index contributed by atoms with van der Waals surface area (Å²) >= 11 is 0. The number of carboxylic acid groups (broad SMARTS) is 1. The molecule has 1 fully saturated rings. The number of carbonyl (C=O) groups excluding carboxylic acids is 1. The van der Waals surface area contributed by atoms with Gasteiger partial charge in [0.25, 0.3) is 5.91 Å². The molecule has 1 saturated heterocycles. The van der Waals surface area contributed by atoms with Crippen molar-refractivity contribution < 1.29 is 19.4 Å². The molecule has 25 heavy (non-hydrogen) atoms. The van der Waals surface area contributed by atoms with Crippen LogP contribution in [0.2, 0.25) is 0 Å². The number of amides is 1. The number of aromatic nitrogens is 1. The van der Waals surface area contributed by atoms with E-state index in [0.717, 1.165) is 24.2 Å². The summed E-state index contributed by atoms with van der Waals surface area (Å²) in [6, 6.07) is 10.7. The number of pyridine rings is 1. The summed E-state index contributed by atoms with van der Waals surface area (Å²) in [7, 11) is 1.62. The molecule has 0 spiro atoms. The average Bonchev–Trinajstić information content (AvgIpc) is 3.10. The molecule has 1 N–H and O–H groups in total. The van der Waals surface area contributed by atoms with Crippen molar-refractivity contribution in [3.8, 4) is 5.75 Å². The van der Waals surface area contributed by atoms with Crippen LogP contribution in [0.1, 0.15) is 51.0 Å². The van der Waals surface area contributed by atoms with Crippen molar-refractivity contribution in [2.24, 2.45) is 0 Å². The van der Waals surface area contributed by atoms with E-state index in [0.29, 0.717) is 12.2 Å². The van der Waals surface area contributed by atoms with Crippen LogP contribution in [0.5, 0.6) is 5.75 Å². The minimum Gasteiger partial charge on any atom is -0.497 e. The summed E-state index contributed by atoms with van der Waals surface area (Å²) in [5.41, 5.74) is 1.80. The molecule has 2 heterocycles. The molecule has 1 aromatic carbocycles. The van der Waals surface area contributed by atoms with Gasteiger partial charge in [0.1, 0.15) is 11.4 Å². The third kappa shape index (κ3) is 3.33. The highest BCUT2D eigenvalue weighted by Gasteiger charge is 2.31. The highest BCUT2D eigenvalue weighted by molar-refractivity contribution is 5.94. The molecule has 0 aliphatic carbocycles. The molecule has 1 aliphatic rings. The van der Waals surface area contributed by atoms with Gasteiger partial charge < -0.3 is 14.7 Å². The normalized spacial score (nSPS) is 16.7. The molecule has 1 unspecified atom stereocenters. The Hall–Kier alpha value is -2.89. The van der Waals surface area contributed by atoms with Crippen LogP contribution in [-0.2, 0) is 0 Å². The van der Waals surface area contributed by atoms with Gasteiger partial charge in [-0.2, -0.15) is 0 Å². The van der Waals surface area contributed by atoms with E-state index in [1.165, 1.54) is 12.1 Å². The molecule has 130 valence electrons. The molecule has 1 atom stereocenters. The van der Waals surface area contributed by atoms with Gasteiger partial charge in [0, 0.05) is 6.54 Å². The van der Waals surface area contributed by atoms with Crippen molar-refractivity contribution in [1.82, 2.24) is 9.88 Å². The zero-order valence-electron chi connectivity index (χ0n) is 14.2. The zero-order chi connectivity index (χ0) is 18.0. The molecular formula is C19H20N2O4. The first-order valence-electron chi connectivity index (χ1n) is 8.17. The zero-order valence-corrected chi connectivity index (χ0v) is 14.2. The second kappa shape index (κ2) is 6.93. The first-order valence-corrected chi connectivity index (χ1v) is 8.17. The highest BCUT2D eigenvalue weighted by atomic mass is 16.5. The molecule has 1 aromatic heterocycles. The predicted octanol–water partition coefficient (Wildman–Crippen LogP) is 3.07. The number of rotatable bonds is 4. The molecule has 0 radical (unpaired) electrons. The number of carboxylic acids is 1. The van der Waals surface area contributed by atoms with Crippen LogP contribution in [0.15, 0.2) is 36.4 Å². The topological polar surface area (TPSA) is 79.7 Å². The number of aryl methyl sites for hydroxylation is 1. The quantitative estimate of drug-likeness (QED) is 0.925. The number of likely N-dealkylation sites (tertiary alicyclic amines) is 1. The Morgan fingerprint density at radius 2 is 1.92 bits per heavy atom. The van der Waals surface area contributed by atoms with Crippen LogP contribution in [0.4, 0.5) is 0 Å². The Labute approximate surface area is 146 Å². The van der Waals surface area contributed by atoms with E-state index in [-0.39, 0.29) is 23.2 Å². The van der Waals surface area contributed by atoms with Gasteiger partial charge in [-0.15, -0.1) is 0 Å². The number of carbonyl (C=O) groups is 2. The first-order chi connectivity index (χ1) is 12.0. The molecule has 6 heteroatoms. The Morgan fingerprint density at radius 3 is 2.52 bits per heavy atom. The van der Waals surface area contributed by atoms with Gasteiger partial charge in [-0.1, -0.05) is 12.1 Å². The lowest BCUT2D eigenvalue weighted by Gasteiger charge is -2.25. The van der Waals surface area contributed by atoms with Crippen molar-refractivity contribution in [2.45, 2.75) is 25.8 Å². The highest BCUT2D eigenvalue weighted by Crippen LogP contribution is 2.33. The van der Waals surface area contributed by atoms with E-state index in [1.807, 2.05) is 29.2 Å². The molecular weight excluding hydrogens is 320 g/mol. The monoisotopic (exact) mass is 340 g/mol. The Kier molecular flexibility index (Phi) is 4.70. The molecule has 1 amide bonds. The molecule has 2 aromatic rings. The second-order valence-corrected chi connectivity index (χ2v) is 6.06. The third-order valence-corrected chi connectivity index (χ3v) is 4.55. The lowest BCUT2D eigenvalue weighted by atomic mass is 10.0. The van der Waals surface area contributed by atoms with E-state index in [2.05, 4.69) is 4.98 Å². The lowest BCUT2D eigenvalue weighted by molar-refractivity contribution is 0.0689. The van der Waals surface area contributed by atoms with Crippen LogP contribution in [-0.4, -0.2) is 40.5 Å². The fourth-order valence-electron chi connectivity index (χ4n) is 3.24. The number of methoxy groups -OCH3 is 1. The van der Waals surface area contributed by atoms with E-state index in [9.17, 15) is 9.59 Å². The number of aromatic carboxylic acids is 1. The van der Waals surface area contributed by atoms with E-state index in [1.54, 1.807) is 14.0 Å². The third-order valence-electron chi connectivity index (χ3n) is 4.55. The van der Waals surface area contributed by atoms with Gasteiger partial charge in [-0.25, -0.2) is 9.78 Å². The lowest BCUT2D eigenvalue weighted by Crippen LogP contribution is -2.31. The van der Waals surface area contributed by atoms with Crippen LogP contribution in [0.25, 0.3) is 0 Å². The molecule has 6 nitrogen and oxygen atoms in total. The van der Waals surface area contributed by atoms with Gasteiger partial charge in [-0.3, -0.25) is 4.79 Å². The van der Waals surface area contributed by atoms with Crippen LogP contribution in [0.3, 0.4) is 0 Å². The minimum atomic E-state index is -1.04. The van der Waals surface area contributed by atoms with Gasteiger partial charge in [0.05, 0.1) is 24.4 Å². The maximum Gasteiger partial charge on any atom is 0.337 e. The van der Waals surface area contributed by atoms with Crippen molar-refractivity contribution in [2.75, 3.05) is 13.7 Å². The standard InChI is InChI=1S/C19H20N2O4/c1-12-15(19(23)24)9-10-16(20-12)18(22)21-11-3-4-17(21)13-5-7-14(25-2)8-6-13/h5-10,17H,3-4,11H2,1-2H3,(H,23,24). The maximum atomic E-state index is 12.9. The second-order valence-electron chi connectivity index (χ2n) is 6.06. The van der Waals surface area contributed by atoms with Gasteiger partial charge in [-0.05, 0) is 49.6 Å². The van der Waals surface area contributed by atoms with Crippen molar-refractivity contribution >= 4 is 11.9 Å². The fourth-order valence-corrected chi connectivity index (χ4v) is 3.24. The number of benzene rings is 1. The van der Waals surface area contributed by atoms with Crippen molar-refractivity contribution in [3.05, 3.63) is 58.9 Å². The summed E-state index contributed by atoms with van der Waals surface area (Å²) in [5.74, 6) is -0.430. The van der Waals surface area contributed by atoms with Crippen LogP contribution in [0, 0.1) is 6.92 Å². The van der Waals surface area contributed by atoms with Crippen molar-refractivity contribution in [1.29, 1.82) is 0 Å².